The normalized spacial score (nSPS) is 26.9. The van der Waals surface area contributed by atoms with Crippen LogP contribution in [0.15, 0.2) is 0 Å². The third kappa shape index (κ3) is 4.12. The Morgan fingerprint density at radius 1 is 1.42 bits per heavy atom. The van der Waals surface area contributed by atoms with Crippen molar-refractivity contribution in [3.8, 4) is 0 Å². The Kier molecular flexibility index (Phi) is 5.69. The van der Waals surface area contributed by atoms with E-state index in [1.54, 1.807) is 18.7 Å². The fourth-order valence-corrected chi connectivity index (χ4v) is 7.17. The second-order valence-electron chi connectivity index (χ2n) is 5.63. The Labute approximate surface area is 119 Å². The molecule has 0 aromatic heterocycles. The SMILES string of the molecule is CCOC(=O)N[C@H]1[C@@H](C(=O)NN)CS[C@H]1[Si](C)(C)C. The molecule has 0 aliphatic carbocycles. The minimum Gasteiger partial charge on any atom is -0.450 e. The van der Waals surface area contributed by atoms with E-state index >= 15 is 0 Å². The Balaban J connectivity index is 2.85. The molecule has 110 valence electrons. The summed E-state index contributed by atoms with van der Waals surface area (Å²) in [7, 11) is -1.51. The fraction of sp³-hybridized carbons (Fsp3) is 0.818. The maximum absolute atomic E-state index is 11.8. The topological polar surface area (TPSA) is 93.4 Å². The van der Waals surface area contributed by atoms with Gasteiger partial charge in [-0.1, -0.05) is 19.6 Å². The molecular formula is C11H23N3O3SSi. The number of amides is 2. The number of rotatable bonds is 4. The molecule has 6 nitrogen and oxygen atoms in total. The van der Waals surface area contributed by atoms with Crippen molar-refractivity contribution in [2.75, 3.05) is 12.4 Å². The highest BCUT2D eigenvalue weighted by atomic mass is 32.2. The highest BCUT2D eigenvalue weighted by Gasteiger charge is 2.47. The molecule has 0 bridgehead atoms. The van der Waals surface area contributed by atoms with Gasteiger partial charge in [0.2, 0.25) is 5.91 Å². The first-order valence-corrected chi connectivity index (χ1v) is 11.0. The number of nitrogens with one attached hydrogen (secondary N) is 2. The molecule has 2 amide bonds. The van der Waals surface area contributed by atoms with E-state index in [2.05, 4.69) is 30.4 Å². The molecule has 19 heavy (non-hydrogen) atoms. The number of ether oxygens (including phenoxy) is 1. The highest BCUT2D eigenvalue weighted by molar-refractivity contribution is 8.02. The van der Waals surface area contributed by atoms with Gasteiger partial charge in [0.25, 0.3) is 0 Å². The molecule has 1 rings (SSSR count). The van der Waals surface area contributed by atoms with Crippen molar-refractivity contribution in [2.45, 2.75) is 37.5 Å². The Hall–Kier alpha value is -0.733. The first-order chi connectivity index (χ1) is 8.81. The molecule has 3 atom stereocenters. The van der Waals surface area contributed by atoms with Gasteiger partial charge in [-0.2, -0.15) is 11.8 Å². The van der Waals surface area contributed by atoms with Crippen molar-refractivity contribution in [1.29, 1.82) is 0 Å². The zero-order valence-corrected chi connectivity index (χ0v) is 13.7. The number of hydrogen-bond donors (Lipinski definition) is 3. The second kappa shape index (κ2) is 6.62. The molecule has 1 heterocycles. The second-order valence-corrected chi connectivity index (χ2v) is 12.6. The van der Waals surface area contributed by atoms with Gasteiger partial charge in [-0.25, -0.2) is 10.6 Å². The third-order valence-corrected chi connectivity index (χ3v) is 9.00. The van der Waals surface area contributed by atoms with Crippen LogP contribution in [0.5, 0.6) is 0 Å². The summed E-state index contributed by atoms with van der Waals surface area (Å²) in [5.41, 5.74) is 2.19. The van der Waals surface area contributed by atoms with Crippen molar-refractivity contribution < 1.29 is 14.3 Å². The lowest BCUT2D eigenvalue weighted by Crippen LogP contribution is -2.55. The van der Waals surface area contributed by atoms with E-state index in [0.717, 1.165) is 0 Å². The van der Waals surface area contributed by atoms with Crippen LogP contribution in [-0.2, 0) is 9.53 Å². The quantitative estimate of drug-likeness (QED) is 0.308. The number of hydrogen-bond acceptors (Lipinski definition) is 5. The minimum atomic E-state index is -1.51. The van der Waals surface area contributed by atoms with Crippen LogP contribution in [0, 0.1) is 5.92 Å². The average molecular weight is 305 g/mol. The van der Waals surface area contributed by atoms with E-state index in [1.807, 2.05) is 0 Å². The van der Waals surface area contributed by atoms with E-state index in [1.165, 1.54) is 0 Å². The highest BCUT2D eigenvalue weighted by Crippen LogP contribution is 2.37. The standard InChI is InChI=1S/C11H23N3O3SSi/c1-5-17-11(16)13-8-7(9(15)14-12)6-18-10(8)19(2,3)4/h7-8,10H,5-6,12H2,1-4H3,(H,13,16)(H,14,15)/t7-,8-,10-/m0/s1. The minimum absolute atomic E-state index is 0.209. The van der Waals surface area contributed by atoms with Crippen molar-refractivity contribution in [2.24, 2.45) is 11.8 Å². The monoisotopic (exact) mass is 305 g/mol. The Morgan fingerprint density at radius 2 is 2.05 bits per heavy atom. The van der Waals surface area contributed by atoms with Gasteiger partial charge in [0.05, 0.1) is 26.6 Å². The van der Waals surface area contributed by atoms with Crippen LogP contribution in [0.25, 0.3) is 0 Å². The molecule has 8 heteroatoms. The summed E-state index contributed by atoms with van der Waals surface area (Å²) < 4.78 is 4.92. The van der Waals surface area contributed by atoms with Crippen LogP contribution in [0.1, 0.15) is 6.92 Å². The van der Waals surface area contributed by atoms with E-state index in [-0.39, 0.29) is 22.7 Å². The van der Waals surface area contributed by atoms with Gasteiger partial charge in [0, 0.05) is 10.6 Å². The van der Waals surface area contributed by atoms with Gasteiger partial charge in [-0.3, -0.25) is 10.2 Å². The predicted molar refractivity (Wildman–Crippen MR) is 79.4 cm³/mol. The number of hydrazine groups is 1. The number of alkyl carbamates (subject to hydrolysis) is 1. The first-order valence-electron chi connectivity index (χ1n) is 6.36. The molecule has 0 spiro atoms. The molecule has 1 saturated heterocycles. The summed E-state index contributed by atoms with van der Waals surface area (Å²) in [6.07, 6.45) is -0.465. The van der Waals surface area contributed by atoms with Gasteiger partial charge in [0.15, 0.2) is 0 Å². The van der Waals surface area contributed by atoms with Crippen molar-refractivity contribution in [3.63, 3.8) is 0 Å². The smallest absolute Gasteiger partial charge is 0.407 e. The molecule has 0 aromatic rings. The van der Waals surface area contributed by atoms with Crippen LogP contribution >= 0.6 is 11.8 Å². The van der Waals surface area contributed by atoms with E-state index in [9.17, 15) is 9.59 Å². The first kappa shape index (κ1) is 16.3. The molecule has 1 aliphatic rings. The van der Waals surface area contributed by atoms with Gasteiger partial charge in [-0.05, 0) is 6.92 Å². The lowest BCUT2D eigenvalue weighted by molar-refractivity contribution is -0.124. The summed E-state index contributed by atoms with van der Waals surface area (Å²) in [6, 6.07) is -0.209. The lowest BCUT2D eigenvalue weighted by atomic mass is 10.0. The van der Waals surface area contributed by atoms with Gasteiger partial charge >= 0.3 is 6.09 Å². The Morgan fingerprint density at radius 3 is 2.53 bits per heavy atom. The maximum Gasteiger partial charge on any atom is 0.407 e. The molecule has 1 aliphatic heterocycles. The van der Waals surface area contributed by atoms with Gasteiger partial charge in [0.1, 0.15) is 0 Å². The zero-order chi connectivity index (χ0) is 14.6. The summed E-state index contributed by atoms with van der Waals surface area (Å²) in [4.78, 5) is 23.7. The molecule has 4 N–H and O–H groups in total. The number of nitrogens with two attached hydrogens (primary N) is 1. The predicted octanol–water partition coefficient (Wildman–Crippen LogP) is 0.700. The lowest BCUT2D eigenvalue weighted by Gasteiger charge is -2.31. The largest absolute Gasteiger partial charge is 0.450 e. The van der Waals surface area contributed by atoms with Crippen LogP contribution in [0.3, 0.4) is 0 Å². The van der Waals surface area contributed by atoms with Gasteiger partial charge < -0.3 is 10.1 Å². The summed E-state index contributed by atoms with van der Waals surface area (Å²) in [5, 5.41) is 2.84. The number of carbonyl (C=O) groups is 2. The molecule has 0 saturated carbocycles. The number of thioether (sulfide) groups is 1. The summed E-state index contributed by atoms with van der Waals surface area (Å²) in [6.45, 7) is 8.76. The van der Waals surface area contributed by atoms with Crippen LogP contribution in [-0.4, -0.2) is 43.3 Å². The maximum atomic E-state index is 11.8. The van der Waals surface area contributed by atoms with Crippen LogP contribution < -0.4 is 16.6 Å². The van der Waals surface area contributed by atoms with Crippen molar-refractivity contribution in [3.05, 3.63) is 0 Å². The number of carbonyl (C=O) groups excluding carboxylic acids is 2. The van der Waals surface area contributed by atoms with Gasteiger partial charge in [-0.15, -0.1) is 0 Å². The van der Waals surface area contributed by atoms with E-state index < -0.39 is 14.2 Å². The van der Waals surface area contributed by atoms with E-state index in [4.69, 9.17) is 10.6 Å². The summed E-state index contributed by atoms with van der Waals surface area (Å²) >= 11 is 1.74. The average Bonchev–Trinajstić information content (AvgIpc) is 2.71. The Bertz CT molecular complexity index is 349. The van der Waals surface area contributed by atoms with Crippen molar-refractivity contribution in [1.82, 2.24) is 10.7 Å². The molecule has 0 aromatic carbocycles. The zero-order valence-electron chi connectivity index (χ0n) is 11.9. The molecular weight excluding hydrogens is 282 g/mol. The van der Waals surface area contributed by atoms with E-state index in [0.29, 0.717) is 12.4 Å². The van der Waals surface area contributed by atoms with Crippen LogP contribution in [0.2, 0.25) is 19.6 Å². The fourth-order valence-electron chi connectivity index (χ4n) is 2.25. The summed E-state index contributed by atoms with van der Waals surface area (Å²) in [5.74, 6) is 5.37. The molecule has 0 radical (unpaired) electrons. The van der Waals surface area contributed by atoms with Crippen LogP contribution in [0.4, 0.5) is 4.79 Å². The molecule has 0 unspecified atom stereocenters. The molecule has 1 fully saturated rings. The van der Waals surface area contributed by atoms with Crippen molar-refractivity contribution >= 4 is 31.8 Å². The third-order valence-electron chi connectivity index (χ3n) is 3.11.